The van der Waals surface area contributed by atoms with E-state index < -0.39 is 0 Å². The Kier molecular flexibility index (Phi) is 3.88. The molecule has 0 aromatic carbocycles. The van der Waals surface area contributed by atoms with E-state index in [0.717, 1.165) is 31.8 Å². The van der Waals surface area contributed by atoms with Gasteiger partial charge >= 0.3 is 0 Å². The molecule has 4 rings (SSSR count). The average Bonchev–Trinajstić information content (AvgIpc) is 3.45. The number of amides is 1. The highest BCUT2D eigenvalue weighted by atomic mass is 16.2. The summed E-state index contributed by atoms with van der Waals surface area (Å²) in [7, 11) is 4.19. The lowest BCUT2D eigenvalue weighted by Crippen LogP contribution is -2.35. The molecule has 4 atom stereocenters. The number of nitrogens with zero attached hydrogens (tertiary/aromatic N) is 3. The van der Waals surface area contributed by atoms with Gasteiger partial charge in [-0.3, -0.25) is 14.7 Å². The molecule has 1 aromatic rings. The zero-order chi connectivity index (χ0) is 16.0. The summed E-state index contributed by atoms with van der Waals surface area (Å²) in [5, 5.41) is 0. The summed E-state index contributed by atoms with van der Waals surface area (Å²) < 4.78 is 0. The third kappa shape index (κ3) is 3.01. The van der Waals surface area contributed by atoms with Crippen LogP contribution in [0, 0.1) is 23.7 Å². The maximum atomic E-state index is 12.7. The van der Waals surface area contributed by atoms with Crippen molar-refractivity contribution in [3.63, 3.8) is 0 Å². The van der Waals surface area contributed by atoms with Gasteiger partial charge < -0.3 is 4.90 Å². The third-order valence-corrected chi connectivity index (χ3v) is 6.07. The van der Waals surface area contributed by atoms with E-state index in [9.17, 15) is 4.79 Å². The fraction of sp³-hybridized carbons (Fsp3) is 0.684. The van der Waals surface area contributed by atoms with Gasteiger partial charge in [-0.2, -0.15) is 0 Å². The molecular formula is C19H27N3O. The van der Waals surface area contributed by atoms with Crippen LogP contribution in [0.4, 0.5) is 0 Å². The second-order valence-corrected chi connectivity index (χ2v) is 7.82. The van der Waals surface area contributed by atoms with Gasteiger partial charge in [-0.1, -0.05) is 6.07 Å². The van der Waals surface area contributed by atoms with Crippen molar-refractivity contribution in [2.24, 2.45) is 23.7 Å². The van der Waals surface area contributed by atoms with Crippen LogP contribution in [0.2, 0.25) is 0 Å². The van der Waals surface area contributed by atoms with Gasteiger partial charge in [0.05, 0.1) is 0 Å². The molecule has 1 saturated heterocycles. The zero-order valence-electron chi connectivity index (χ0n) is 14.2. The molecule has 0 N–H and O–H groups in total. The molecule has 124 valence electrons. The second-order valence-electron chi connectivity index (χ2n) is 7.82. The highest BCUT2D eigenvalue weighted by molar-refractivity contribution is 5.81. The monoisotopic (exact) mass is 313 g/mol. The predicted molar refractivity (Wildman–Crippen MR) is 89.7 cm³/mol. The molecule has 23 heavy (non-hydrogen) atoms. The first-order valence-electron chi connectivity index (χ1n) is 9.00. The van der Waals surface area contributed by atoms with E-state index in [-0.39, 0.29) is 0 Å². The minimum Gasteiger partial charge on any atom is -0.345 e. The van der Waals surface area contributed by atoms with Crippen LogP contribution in [0.15, 0.2) is 24.5 Å². The first kappa shape index (κ1) is 15.1. The van der Waals surface area contributed by atoms with Gasteiger partial charge in [0.15, 0.2) is 0 Å². The molecule has 0 bridgehead atoms. The number of rotatable bonds is 5. The summed E-state index contributed by atoms with van der Waals surface area (Å²) in [5.74, 6) is 2.82. The maximum Gasteiger partial charge on any atom is 0.225 e. The fourth-order valence-electron chi connectivity index (χ4n) is 4.56. The molecule has 0 radical (unpaired) electrons. The maximum absolute atomic E-state index is 12.7. The molecule has 2 heterocycles. The van der Waals surface area contributed by atoms with Crippen LogP contribution in [0.5, 0.6) is 0 Å². The van der Waals surface area contributed by atoms with Gasteiger partial charge in [-0.05, 0) is 68.7 Å². The number of carbonyl (C=O) groups is 1. The molecule has 0 spiro atoms. The largest absolute Gasteiger partial charge is 0.345 e. The summed E-state index contributed by atoms with van der Waals surface area (Å²) in [6, 6.07) is 4.56. The van der Waals surface area contributed by atoms with Crippen LogP contribution in [0.1, 0.15) is 37.3 Å². The third-order valence-electron chi connectivity index (χ3n) is 6.07. The lowest BCUT2D eigenvalue weighted by molar-refractivity contribution is -0.132. The number of aromatic nitrogens is 1. The molecule has 2 saturated carbocycles. The summed E-state index contributed by atoms with van der Waals surface area (Å²) in [4.78, 5) is 21.4. The van der Waals surface area contributed by atoms with Crippen LogP contribution >= 0.6 is 0 Å². The number of likely N-dealkylation sites (tertiary alicyclic amines) is 1. The lowest BCUT2D eigenvalue weighted by Gasteiger charge is -2.29. The molecule has 4 nitrogen and oxygen atoms in total. The van der Waals surface area contributed by atoms with Crippen LogP contribution in [-0.2, 0) is 4.79 Å². The average molecular weight is 313 g/mol. The molecule has 2 aliphatic carbocycles. The molecule has 0 unspecified atom stereocenters. The van der Waals surface area contributed by atoms with E-state index in [4.69, 9.17) is 0 Å². The summed E-state index contributed by atoms with van der Waals surface area (Å²) >= 11 is 0. The van der Waals surface area contributed by atoms with E-state index in [2.05, 4.69) is 23.0 Å². The van der Waals surface area contributed by atoms with E-state index in [1.54, 1.807) is 0 Å². The Labute approximate surface area is 138 Å². The number of pyridine rings is 1. The smallest absolute Gasteiger partial charge is 0.225 e. The summed E-state index contributed by atoms with van der Waals surface area (Å²) in [6.45, 7) is 1.97. The number of hydrogen-bond acceptors (Lipinski definition) is 3. The Morgan fingerprint density at radius 1 is 1.39 bits per heavy atom. The molecule has 3 fully saturated rings. The highest BCUT2D eigenvalue weighted by Gasteiger charge is 2.52. The molecule has 4 heteroatoms. The Morgan fingerprint density at radius 2 is 2.22 bits per heavy atom. The van der Waals surface area contributed by atoms with Crippen LogP contribution in [0.25, 0.3) is 0 Å². The fourth-order valence-corrected chi connectivity index (χ4v) is 4.56. The standard InChI is InChI=1S/C19H27N3O/c1-21-9-7-15(18(21)14-4-3-8-20-11-14)12-22(2)19(23)17-10-16(17)13-5-6-13/h3-4,8,11,13,15-18H,5-7,9-10,12H2,1-2H3/t15-,16-,17+,18-/m0/s1. The Balaban J connectivity index is 1.40. The molecule has 1 amide bonds. The van der Waals surface area contributed by atoms with Crippen molar-refractivity contribution >= 4 is 5.91 Å². The van der Waals surface area contributed by atoms with Crippen molar-refractivity contribution in [1.82, 2.24) is 14.8 Å². The van der Waals surface area contributed by atoms with Crippen molar-refractivity contribution in [2.45, 2.75) is 31.7 Å². The van der Waals surface area contributed by atoms with Crippen LogP contribution in [0.3, 0.4) is 0 Å². The van der Waals surface area contributed by atoms with Gasteiger partial charge in [-0.25, -0.2) is 0 Å². The van der Waals surface area contributed by atoms with Crippen molar-refractivity contribution in [3.8, 4) is 0 Å². The van der Waals surface area contributed by atoms with Crippen molar-refractivity contribution < 1.29 is 4.79 Å². The Bertz CT molecular complexity index is 571. The van der Waals surface area contributed by atoms with E-state index in [1.165, 1.54) is 18.4 Å². The minimum atomic E-state index is 0.337. The first-order valence-corrected chi connectivity index (χ1v) is 9.00. The zero-order valence-corrected chi connectivity index (χ0v) is 14.2. The number of carbonyl (C=O) groups excluding carboxylic acids is 1. The number of hydrogen-bond donors (Lipinski definition) is 0. The highest BCUT2D eigenvalue weighted by Crippen LogP contribution is 2.55. The van der Waals surface area contributed by atoms with Gasteiger partial charge in [0.25, 0.3) is 0 Å². The molecule has 3 aliphatic rings. The second kappa shape index (κ2) is 5.90. The SMILES string of the molecule is CN(C[C@@H]1CCN(C)[C@H]1c1cccnc1)C(=O)[C@@H]1C[C@H]1C1CC1. The van der Waals surface area contributed by atoms with Crippen LogP contribution in [-0.4, -0.2) is 47.9 Å². The lowest BCUT2D eigenvalue weighted by atomic mass is 9.94. The van der Waals surface area contributed by atoms with Crippen molar-refractivity contribution in [1.29, 1.82) is 0 Å². The normalized spacial score (nSPS) is 33.7. The minimum absolute atomic E-state index is 0.337. The summed E-state index contributed by atoms with van der Waals surface area (Å²) in [6.07, 6.45) is 8.82. The predicted octanol–water partition coefficient (Wildman–Crippen LogP) is 2.58. The molecule has 1 aromatic heterocycles. The van der Waals surface area contributed by atoms with E-state index in [0.29, 0.717) is 29.7 Å². The molecule has 1 aliphatic heterocycles. The Morgan fingerprint density at radius 3 is 2.91 bits per heavy atom. The first-order chi connectivity index (χ1) is 11.1. The van der Waals surface area contributed by atoms with Gasteiger partial charge in [0.1, 0.15) is 0 Å². The topological polar surface area (TPSA) is 36.4 Å². The summed E-state index contributed by atoms with van der Waals surface area (Å²) in [5.41, 5.74) is 1.28. The van der Waals surface area contributed by atoms with Gasteiger partial charge in [0, 0.05) is 37.9 Å². The van der Waals surface area contributed by atoms with Gasteiger partial charge in [0.2, 0.25) is 5.91 Å². The quantitative estimate of drug-likeness (QED) is 0.838. The van der Waals surface area contributed by atoms with Gasteiger partial charge in [-0.15, -0.1) is 0 Å². The van der Waals surface area contributed by atoms with Crippen LogP contribution < -0.4 is 0 Å². The van der Waals surface area contributed by atoms with E-state index >= 15 is 0 Å². The molecular weight excluding hydrogens is 286 g/mol. The Hall–Kier alpha value is -1.42. The van der Waals surface area contributed by atoms with Crippen molar-refractivity contribution in [2.75, 3.05) is 27.2 Å². The van der Waals surface area contributed by atoms with Crippen molar-refractivity contribution in [3.05, 3.63) is 30.1 Å². The van der Waals surface area contributed by atoms with E-state index in [1.807, 2.05) is 30.4 Å².